The molecule has 5 heteroatoms. The molecule has 1 heterocycles. The summed E-state index contributed by atoms with van der Waals surface area (Å²) in [5.41, 5.74) is 3.99. The summed E-state index contributed by atoms with van der Waals surface area (Å²) in [6.07, 6.45) is 3.40. The Bertz CT molecular complexity index is 872. The number of hydrogen-bond donors (Lipinski definition) is 0. The van der Waals surface area contributed by atoms with E-state index in [4.69, 9.17) is 4.42 Å². The molecule has 0 spiro atoms. The molecular weight excluding hydrogens is 344 g/mol. The summed E-state index contributed by atoms with van der Waals surface area (Å²) >= 11 is 1.27. The Labute approximate surface area is 158 Å². The first-order chi connectivity index (χ1) is 12.7. The van der Waals surface area contributed by atoms with E-state index in [0.29, 0.717) is 11.1 Å². The lowest BCUT2D eigenvalue weighted by molar-refractivity contribution is 0.102. The summed E-state index contributed by atoms with van der Waals surface area (Å²) in [6, 6.07) is 15.7. The van der Waals surface area contributed by atoms with Gasteiger partial charge in [-0.2, -0.15) is 0 Å². The van der Waals surface area contributed by atoms with E-state index in [2.05, 4.69) is 17.1 Å². The van der Waals surface area contributed by atoms with Crippen LogP contribution in [0, 0.1) is 6.92 Å². The predicted molar refractivity (Wildman–Crippen MR) is 105 cm³/mol. The van der Waals surface area contributed by atoms with E-state index in [1.165, 1.54) is 30.2 Å². The molecule has 0 aliphatic rings. The second-order valence-electron chi connectivity index (χ2n) is 6.20. The van der Waals surface area contributed by atoms with Crippen LogP contribution in [0.5, 0.6) is 0 Å². The van der Waals surface area contributed by atoms with Gasteiger partial charge in [0.25, 0.3) is 5.22 Å². The van der Waals surface area contributed by atoms with Gasteiger partial charge >= 0.3 is 0 Å². The van der Waals surface area contributed by atoms with Gasteiger partial charge in [-0.3, -0.25) is 4.79 Å². The molecule has 0 N–H and O–H groups in total. The lowest BCUT2D eigenvalue weighted by atomic mass is 10.1. The van der Waals surface area contributed by atoms with Crippen molar-refractivity contribution in [2.75, 3.05) is 5.75 Å². The maximum absolute atomic E-state index is 12.4. The molecule has 0 aliphatic carbocycles. The minimum Gasteiger partial charge on any atom is -0.411 e. The van der Waals surface area contributed by atoms with Gasteiger partial charge in [-0.25, -0.2) is 0 Å². The molecule has 0 bridgehead atoms. The average Bonchev–Trinajstić information content (AvgIpc) is 3.14. The Morgan fingerprint density at radius 3 is 2.58 bits per heavy atom. The summed E-state index contributed by atoms with van der Waals surface area (Å²) in [5.74, 6) is 0.829. The summed E-state index contributed by atoms with van der Waals surface area (Å²) in [6.45, 7) is 4.18. The zero-order valence-electron chi connectivity index (χ0n) is 15.1. The molecule has 0 aliphatic heterocycles. The smallest absolute Gasteiger partial charge is 0.277 e. The van der Waals surface area contributed by atoms with Crippen molar-refractivity contribution in [3.8, 4) is 11.5 Å². The zero-order chi connectivity index (χ0) is 18.4. The van der Waals surface area contributed by atoms with Crippen LogP contribution in [-0.2, 0) is 6.42 Å². The Morgan fingerprint density at radius 1 is 1.08 bits per heavy atom. The fourth-order valence-electron chi connectivity index (χ4n) is 2.64. The van der Waals surface area contributed by atoms with Gasteiger partial charge in [0.1, 0.15) is 0 Å². The summed E-state index contributed by atoms with van der Waals surface area (Å²) in [4.78, 5) is 12.4. The summed E-state index contributed by atoms with van der Waals surface area (Å²) < 4.78 is 5.69. The second kappa shape index (κ2) is 8.81. The van der Waals surface area contributed by atoms with Gasteiger partial charge in [0.2, 0.25) is 5.89 Å². The molecule has 134 valence electrons. The molecule has 0 saturated heterocycles. The highest BCUT2D eigenvalue weighted by molar-refractivity contribution is 7.99. The highest BCUT2D eigenvalue weighted by atomic mass is 32.2. The second-order valence-corrected chi connectivity index (χ2v) is 7.13. The Kier molecular flexibility index (Phi) is 6.23. The number of unbranched alkanes of at least 4 members (excludes halogenated alkanes) is 1. The molecule has 0 atom stereocenters. The lowest BCUT2D eigenvalue weighted by Crippen LogP contribution is -2.02. The molecule has 0 amide bonds. The number of thioether (sulfide) groups is 1. The fourth-order valence-corrected chi connectivity index (χ4v) is 3.30. The van der Waals surface area contributed by atoms with Crippen LogP contribution >= 0.6 is 11.8 Å². The molecular formula is C21H22N2O2S. The van der Waals surface area contributed by atoms with Crippen molar-refractivity contribution in [3.05, 3.63) is 65.2 Å². The van der Waals surface area contributed by atoms with E-state index in [0.717, 1.165) is 23.1 Å². The number of aryl methyl sites for hydroxylation is 2. The van der Waals surface area contributed by atoms with Crippen LogP contribution in [0.2, 0.25) is 0 Å². The van der Waals surface area contributed by atoms with Crippen molar-refractivity contribution >= 4 is 17.5 Å². The molecule has 0 radical (unpaired) electrons. The molecule has 3 rings (SSSR count). The molecule has 0 unspecified atom stereocenters. The third-order valence-corrected chi connectivity index (χ3v) is 5.02. The molecule has 3 aromatic rings. The van der Waals surface area contributed by atoms with E-state index in [1.54, 1.807) is 0 Å². The van der Waals surface area contributed by atoms with Crippen LogP contribution in [0.15, 0.2) is 58.2 Å². The molecule has 2 aromatic carbocycles. The molecule has 4 nitrogen and oxygen atoms in total. The van der Waals surface area contributed by atoms with Gasteiger partial charge in [0.05, 0.1) is 5.75 Å². The topological polar surface area (TPSA) is 56.0 Å². The number of aromatic nitrogens is 2. The summed E-state index contributed by atoms with van der Waals surface area (Å²) in [7, 11) is 0. The number of ketones is 1. The van der Waals surface area contributed by atoms with Gasteiger partial charge in [0, 0.05) is 11.1 Å². The fraction of sp³-hybridized carbons (Fsp3) is 0.286. The van der Waals surface area contributed by atoms with Crippen LogP contribution in [0.4, 0.5) is 0 Å². The first-order valence-corrected chi connectivity index (χ1v) is 9.80. The van der Waals surface area contributed by atoms with E-state index in [9.17, 15) is 4.79 Å². The van der Waals surface area contributed by atoms with Crippen molar-refractivity contribution < 1.29 is 9.21 Å². The molecule has 0 saturated carbocycles. The third kappa shape index (κ3) is 4.61. The summed E-state index contributed by atoms with van der Waals surface area (Å²) in [5, 5.41) is 8.54. The predicted octanol–water partition coefficient (Wildman–Crippen LogP) is 5.36. The lowest BCUT2D eigenvalue weighted by Gasteiger charge is -2.02. The van der Waals surface area contributed by atoms with Crippen LogP contribution < -0.4 is 0 Å². The standard InChI is InChI=1S/C21H22N2O2S/c1-3-4-8-16-10-12-17(13-11-16)19(24)14-26-21-23-22-20(25-21)18-9-6-5-7-15(18)2/h5-7,9-13H,3-4,8,14H2,1-2H3. The van der Waals surface area contributed by atoms with Gasteiger partial charge in [-0.15, -0.1) is 10.2 Å². The maximum Gasteiger partial charge on any atom is 0.277 e. The highest BCUT2D eigenvalue weighted by Gasteiger charge is 2.13. The van der Waals surface area contributed by atoms with Crippen molar-refractivity contribution in [1.29, 1.82) is 0 Å². The Morgan fingerprint density at radius 2 is 1.85 bits per heavy atom. The van der Waals surface area contributed by atoms with Crippen LogP contribution in [0.25, 0.3) is 11.5 Å². The van der Waals surface area contributed by atoms with Crippen LogP contribution in [0.1, 0.15) is 41.3 Å². The Balaban J connectivity index is 1.59. The number of benzene rings is 2. The van der Waals surface area contributed by atoms with E-state index < -0.39 is 0 Å². The Hall–Kier alpha value is -2.40. The largest absolute Gasteiger partial charge is 0.411 e. The highest BCUT2D eigenvalue weighted by Crippen LogP contribution is 2.25. The molecule has 26 heavy (non-hydrogen) atoms. The van der Waals surface area contributed by atoms with Gasteiger partial charge in [-0.1, -0.05) is 67.6 Å². The minimum absolute atomic E-state index is 0.0627. The van der Waals surface area contributed by atoms with Crippen LogP contribution in [0.3, 0.4) is 0 Å². The maximum atomic E-state index is 12.4. The number of carbonyl (C=O) groups is 1. The monoisotopic (exact) mass is 366 g/mol. The van der Waals surface area contributed by atoms with Gasteiger partial charge in [-0.05, 0) is 37.0 Å². The van der Waals surface area contributed by atoms with Crippen molar-refractivity contribution in [3.63, 3.8) is 0 Å². The molecule has 0 fully saturated rings. The van der Waals surface area contributed by atoms with E-state index in [-0.39, 0.29) is 11.5 Å². The first-order valence-electron chi connectivity index (χ1n) is 8.82. The van der Waals surface area contributed by atoms with Crippen molar-refractivity contribution in [2.24, 2.45) is 0 Å². The van der Waals surface area contributed by atoms with Gasteiger partial charge in [0.15, 0.2) is 5.78 Å². The van der Waals surface area contributed by atoms with Crippen LogP contribution in [-0.4, -0.2) is 21.7 Å². The third-order valence-electron chi connectivity index (χ3n) is 4.20. The first kappa shape index (κ1) is 18.4. The van der Waals surface area contributed by atoms with E-state index in [1.807, 2.05) is 55.5 Å². The van der Waals surface area contributed by atoms with Gasteiger partial charge < -0.3 is 4.42 Å². The van der Waals surface area contributed by atoms with Crippen molar-refractivity contribution in [1.82, 2.24) is 10.2 Å². The molecule has 1 aromatic heterocycles. The SMILES string of the molecule is CCCCc1ccc(C(=O)CSc2nnc(-c3ccccc3C)o2)cc1. The average molecular weight is 366 g/mol. The van der Waals surface area contributed by atoms with Crippen molar-refractivity contribution in [2.45, 2.75) is 38.3 Å². The zero-order valence-corrected chi connectivity index (χ0v) is 15.9. The number of nitrogens with zero attached hydrogens (tertiary/aromatic N) is 2. The quantitative estimate of drug-likeness (QED) is 0.397. The normalized spacial score (nSPS) is 10.8. The number of hydrogen-bond acceptors (Lipinski definition) is 5. The number of carbonyl (C=O) groups excluding carboxylic acids is 1. The van der Waals surface area contributed by atoms with E-state index >= 15 is 0 Å². The minimum atomic E-state index is 0.0627. The number of Topliss-reactive ketones (excluding diaryl/α,β-unsaturated/α-hetero) is 1. The number of rotatable bonds is 8.